The third kappa shape index (κ3) is 3.10. The summed E-state index contributed by atoms with van der Waals surface area (Å²) in [6, 6.07) is 4.84. The van der Waals surface area contributed by atoms with E-state index in [2.05, 4.69) is 0 Å². The molecule has 0 fully saturated rings. The number of nitrogens with zero attached hydrogens (tertiary/aromatic N) is 1. The van der Waals surface area contributed by atoms with Crippen molar-refractivity contribution >= 4 is 34.8 Å². The fourth-order valence-electron chi connectivity index (χ4n) is 2.39. The minimum atomic E-state index is -0.454. The molecule has 1 unspecified atom stereocenters. The molecule has 0 N–H and O–H groups in total. The minimum Gasteiger partial charge on any atom is -0.461 e. The van der Waals surface area contributed by atoms with Crippen molar-refractivity contribution < 1.29 is 14.3 Å². The zero-order valence-corrected chi connectivity index (χ0v) is 13.1. The van der Waals surface area contributed by atoms with Crippen LogP contribution < -0.4 is 0 Å². The number of ether oxygens (including phenoxy) is 1. The van der Waals surface area contributed by atoms with Gasteiger partial charge in [-0.15, -0.1) is 0 Å². The fraction of sp³-hybridized carbons (Fsp3) is 0.375. The molecule has 112 valence electrons. The van der Waals surface area contributed by atoms with Gasteiger partial charge in [-0.3, -0.25) is 4.79 Å². The highest BCUT2D eigenvalue weighted by Crippen LogP contribution is 2.28. The molecular formula is C16H18ClNO3. The van der Waals surface area contributed by atoms with Crippen LogP contribution in [0.2, 0.25) is 5.02 Å². The van der Waals surface area contributed by atoms with Crippen LogP contribution in [-0.2, 0) is 9.53 Å². The van der Waals surface area contributed by atoms with Crippen molar-refractivity contribution in [1.82, 2.24) is 4.57 Å². The molecule has 1 atom stereocenters. The largest absolute Gasteiger partial charge is 0.461 e. The van der Waals surface area contributed by atoms with Gasteiger partial charge in [-0.25, -0.2) is 4.79 Å². The van der Waals surface area contributed by atoms with Gasteiger partial charge >= 0.3 is 5.97 Å². The quantitative estimate of drug-likeness (QED) is 0.619. The second-order valence-electron chi connectivity index (χ2n) is 5.18. The third-order valence-corrected chi connectivity index (χ3v) is 3.53. The van der Waals surface area contributed by atoms with E-state index >= 15 is 0 Å². The van der Waals surface area contributed by atoms with E-state index < -0.39 is 6.04 Å². The van der Waals surface area contributed by atoms with Crippen molar-refractivity contribution in [1.29, 1.82) is 0 Å². The maximum atomic E-state index is 12.2. The lowest BCUT2D eigenvalue weighted by Crippen LogP contribution is -2.23. The third-order valence-electron chi connectivity index (χ3n) is 3.30. The number of benzene rings is 1. The molecule has 1 aromatic heterocycles. The van der Waals surface area contributed by atoms with Crippen LogP contribution in [0.15, 0.2) is 24.4 Å². The van der Waals surface area contributed by atoms with Gasteiger partial charge in [0.15, 0.2) is 6.29 Å². The molecule has 0 aliphatic heterocycles. The summed E-state index contributed by atoms with van der Waals surface area (Å²) in [5, 5.41) is 1.30. The second-order valence-corrected chi connectivity index (χ2v) is 5.62. The van der Waals surface area contributed by atoms with E-state index in [0.29, 0.717) is 17.0 Å². The summed E-state index contributed by atoms with van der Waals surface area (Å²) in [5.41, 5.74) is 1.32. The number of aldehydes is 1. The summed E-state index contributed by atoms with van der Waals surface area (Å²) >= 11 is 5.98. The van der Waals surface area contributed by atoms with E-state index in [9.17, 15) is 9.59 Å². The summed E-state index contributed by atoms with van der Waals surface area (Å²) in [6.45, 7) is 5.54. The van der Waals surface area contributed by atoms with Crippen molar-refractivity contribution in [2.24, 2.45) is 0 Å². The van der Waals surface area contributed by atoms with Crippen LogP contribution >= 0.6 is 11.6 Å². The van der Waals surface area contributed by atoms with E-state index in [1.165, 1.54) is 0 Å². The van der Waals surface area contributed by atoms with E-state index in [0.717, 1.165) is 17.2 Å². The highest BCUT2D eigenvalue weighted by Gasteiger charge is 2.23. The van der Waals surface area contributed by atoms with Crippen molar-refractivity contribution in [3.63, 3.8) is 0 Å². The molecule has 1 heterocycles. The van der Waals surface area contributed by atoms with Crippen LogP contribution in [0.1, 0.15) is 43.6 Å². The van der Waals surface area contributed by atoms with E-state index in [-0.39, 0.29) is 12.1 Å². The first-order valence-electron chi connectivity index (χ1n) is 6.93. The van der Waals surface area contributed by atoms with Gasteiger partial charge in [0.25, 0.3) is 0 Å². The SMILES string of the molecule is CCC(C(=O)OC(C)C)n1cc(C=O)c2cc(Cl)ccc21. The molecule has 0 aliphatic rings. The Morgan fingerprint density at radius 2 is 2.14 bits per heavy atom. The molecule has 0 radical (unpaired) electrons. The predicted molar refractivity (Wildman–Crippen MR) is 82.9 cm³/mol. The monoisotopic (exact) mass is 307 g/mol. The molecule has 0 aliphatic carbocycles. The summed E-state index contributed by atoms with van der Waals surface area (Å²) < 4.78 is 7.09. The molecule has 2 rings (SSSR count). The maximum Gasteiger partial charge on any atom is 0.329 e. The summed E-state index contributed by atoms with van der Waals surface area (Å²) in [7, 11) is 0. The van der Waals surface area contributed by atoms with Gasteiger partial charge in [-0.1, -0.05) is 18.5 Å². The Bertz CT molecular complexity index is 675. The number of fused-ring (bicyclic) bond motifs is 1. The lowest BCUT2D eigenvalue weighted by atomic mass is 10.2. The molecule has 0 spiro atoms. The maximum absolute atomic E-state index is 12.2. The van der Waals surface area contributed by atoms with E-state index in [4.69, 9.17) is 16.3 Å². The average molecular weight is 308 g/mol. The van der Waals surface area contributed by atoms with Gasteiger partial charge in [0.2, 0.25) is 0 Å². The normalized spacial score (nSPS) is 12.6. The highest BCUT2D eigenvalue weighted by molar-refractivity contribution is 6.31. The number of hydrogen-bond acceptors (Lipinski definition) is 3. The molecule has 2 aromatic rings. The highest BCUT2D eigenvalue weighted by atomic mass is 35.5. The van der Waals surface area contributed by atoms with Crippen molar-refractivity contribution in [2.45, 2.75) is 39.3 Å². The Kier molecular flexibility index (Phi) is 4.68. The molecule has 1 aromatic carbocycles. The molecule has 21 heavy (non-hydrogen) atoms. The molecule has 0 amide bonds. The van der Waals surface area contributed by atoms with Crippen LogP contribution in [0.4, 0.5) is 0 Å². The molecule has 4 nitrogen and oxygen atoms in total. The molecule has 5 heteroatoms. The lowest BCUT2D eigenvalue weighted by molar-refractivity contribution is -0.151. The van der Waals surface area contributed by atoms with E-state index in [1.54, 1.807) is 22.9 Å². The standard InChI is InChI=1S/C16H18ClNO3/c1-4-14(16(20)21-10(2)3)18-8-11(9-19)13-7-12(17)5-6-15(13)18/h5-10,14H,4H2,1-3H3. The van der Waals surface area contributed by atoms with Crippen molar-refractivity contribution in [2.75, 3.05) is 0 Å². The zero-order chi connectivity index (χ0) is 15.6. The van der Waals surface area contributed by atoms with Crippen LogP contribution in [0, 0.1) is 0 Å². The number of carbonyl (C=O) groups is 2. The Hall–Kier alpha value is -1.81. The lowest BCUT2D eigenvalue weighted by Gasteiger charge is -2.19. The Morgan fingerprint density at radius 3 is 2.71 bits per heavy atom. The number of halogens is 1. The average Bonchev–Trinajstić information content (AvgIpc) is 2.77. The number of hydrogen-bond donors (Lipinski definition) is 0. The first kappa shape index (κ1) is 15.6. The van der Waals surface area contributed by atoms with Gasteiger partial charge in [-0.2, -0.15) is 0 Å². The topological polar surface area (TPSA) is 48.3 Å². The number of aromatic nitrogens is 1. The summed E-state index contributed by atoms with van der Waals surface area (Å²) in [5.74, 6) is -0.295. The first-order valence-corrected chi connectivity index (χ1v) is 7.31. The summed E-state index contributed by atoms with van der Waals surface area (Å²) in [6.07, 6.45) is 2.86. The molecule has 0 saturated carbocycles. The first-order chi connectivity index (χ1) is 9.97. The van der Waals surface area contributed by atoms with Gasteiger partial charge in [0.1, 0.15) is 6.04 Å². The fourth-order valence-corrected chi connectivity index (χ4v) is 2.57. The Morgan fingerprint density at radius 1 is 1.43 bits per heavy atom. The van der Waals surface area contributed by atoms with Crippen molar-refractivity contribution in [3.05, 3.63) is 35.0 Å². The van der Waals surface area contributed by atoms with Crippen LogP contribution in [0.3, 0.4) is 0 Å². The van der Waals surface area contributed by atoms with Crippen molar-refractivity contribution in [3.8, 4) is 0 Å². The Labute approximate surface area is 128 Å². The van der Waals surface area contributed by atoms with Crippen LogP contribution in [-0.4, -0.2) is 22.9 Å². The number of rotatable bonds is 5. The smallest absolute Gasteiger partial charge is 0.329 e. The molecule has 0 saturated heterocycles. The molecule has 0 bridgehead atoms. The number of carbonyl (C=O) groups excluding carboxylic acids is 2. The van der Waals surface area contributed by atoms with E-state index in [1.807, 2.05) is 26.8 Å². The van der Waals surface area contributed by atoms with Crippen LogP contribution in [0.25, 0.3) is 10.9 Å². The van der Waals surface area contributed by atoms with Gasteiger partial charge < -0.3 is 9.30 Å². The van der Waals surface area contributed by atoms with Gasteiger partial charge in [0.05, 0.1) is 6.10 Å². The molecular weight excluding hydrogens is 290 g/mol. The van der Waals surface area contributed by atoms with Gasteiger partial charge in [0, 0.05) is 27.7 Å². The zero-order valence-electron chi connectivity index (χ0n) is 12.3. The second kappa shape index (κ2) is 6.31. The number of esters is 1. The van der Waals surface area contributed by atoms with Gasteiger partial charge in [-0.05, 0) is 38.5 Å². The summed E-state index contributed by atoms with van der Waals surface area (Å²) in [4.78, 5) is 23.5. The minimum absolute atomic E-state index is 0.173. The Balaban J connectivity index is 2.54. The van der Waals surface area contributed by atoms with Crippen LogP contribution in [0.5, 0.6) is 0 Å². The predicted octanol–water partition coefficient (Wildman–Crippen LogP) is 4.01.